The Morgan fingerprint density at radius 1 is 1.17 bits per heavy atom. The van der Waals surface area contributed by atoms with Crippen LogP contribution in [-0.4, -0.2) is 27.1 Å². The van der Waals surface area contributed by atoms with Crippen LogP contribution >= 0.6 is 11.3 Å². The summed E-state index contributed by atoms with van der Waals surface area (Å²) in [5.74, 6) is 1.01. The van der Waals surface area contributed by atoms with Crippen LogP contribution < -0.4 is 0 Å². The molecule has 30 heavy (non-hydrogen) atoms. The van der Waals surface area contributed by atoms with Crippen molar-refractivity contribution >= 4 is 28.5 Å². The fraction of sp³-hybridized carbons (Fsp3) is 0.542. The van der Waals surface area contributed by atoms with E-state index >= 15 is 0 Å². The molecular formula is C24H31N3O2S. The molecule has 3 aromatic heterocycles. The van der Waals surface area contributed by atoms with Gasteiger partial charge in [-0.15, -0.1) is 11.3 Å². The first-order valence-corrected chi connectivity index (χ1v) is 11.9. The summed E-state index contributed by atoms with van der Waals surface area (Å²) >= 11 is 1.75. The molecule has 0 aliphatic heterocycles. The van der Waals surface area contributed by atoms with Crippen molar-refractivity contribution in [3.05, 3.63) is 45.0 Å². The number of ether oxygens (including phenoxy) is 1. The van der Waals surface area contributed by atoms with Crippen LogP contribution in [0.3, 0.4) is 0 Å². The monoisotopic (exact) mass is 425 g/mol. The predicted molar refractivity (Wildman–Crippen MR) is 121 cm³/mol. The zero-order valence-electron chi connectivity index (χ0n) is 18.5. The van der Waals surface area contributed by atoms with Crippen LogP contribution in [-0.2, 0) is 27.9 Å². The Morgan fingerprint density at radius 2 is 1.93 bits per heavy atom. The van der Waals surface area contributed by atoms with Crippen LogP contribution in [0.2, 0.25) is 0 Å². The molecule has 1 saturated carbocycles. The molecule has 160 valence electrons. The molecule has 6 heteroatoms. The SMILES string of the molecule is CCOC(=O)C1(c2ccc(Cn3c(CC)nc4c(C)cc(C)nc43)s2)CCCCC1. The minimum Gasteiger partial charge on any atom is -0.465 e. The van der Waals surface area contributed by atoms with Gasteiger partial charge in [0.2, 0.25) is 0 Å². The van der Waals surface area contributed by atoms with Crippen molar-refractivity contribution in [2.24, 2.45) is 0 Å². The van der Waals surface area contributed by atoms with Crippen LogP contribution in [0.15, 0.2) is 18.2 Å². The highest BCUT2D eigenvalue weighted by atomic mass is 32.1. The number of carbonyl (C=O) groups excluding carboxylic acids is 1. The van der Waals surface area contributed by atoms with Gasteiger partial charge in [0.25, 0.3) is 0 Å². The number of hydrogen-bond donors (Lipinski definition) is 0. The summed E-state index contributed by atoms with van der Waals surface area (Å²) < 4.78 is 7.76. The number of aromatic nitrogens is 3. The number of imidazole rings is 1. The van der Waals surface area contributed by atoms with Crippen LogP contribution in [0.1, 0.15) is 72.8 Å². The van der Waals surface area contributed by atoms with Gasteiger partial charge in [-0.2, -0.15) is 0 Å². The van der Waals surface area contributed by atoms with E-state index in [1.54, 1.807) is 11.3 Å². The average molecular weight is 426 g/mol. The maximum atomic E-state index is 13.0. The first kappa shape index (κ1) is 21.0. The molecule has 3 aromatic rings. The van der Waals surface area contributed by atoms with Gasteiger partial charge in [0.05, 0.1) is 13.2 Å². The minimum absolute atomic E-state index is 0.0478. The van der Waals surface area contributed by atoms with E-state index in [0.29, 0.717) is 6.61 Å². The Hall–Kier alpha value is -2.21. The summed E-state index contributed by atoms with van der Waals surface area (Å²) in [6.07, 6.45) is 6.01. The molecule has 5 nitrogen and oxygen atoms in total. The van der Waals surface area contributed by atoms with Crippen molar-refractivity contribution in [1.29, 1.82) is 0 Å². The van der Waals surface area contributed by atoms with Crippen molar-refractivity contribution in [3.63, 3.8) is 0 Å². The minimum atomic E-state index is -0.465. The number of hydrogen-bond acceptors (Lipinski definition) is 5. The molecule has 0 saturated heterocycles. The molecule has 0 bridgehead atoms. The van der Waals surface area contributed by atoms with Crippen LogP contribution in [0.4, 0.5) is 0 Å². The molecule has 0 spiro atoms. The molecule has 0 aromatic carbocycles. The molecular weight excluding hydrogens is 394 g/mol. The van der Waals surface area contributed by atoms with Crippen LogP contribution in [0, 0.1) is 13.8 Å². The van der Waals surface area contributed by atoms with Gasteiger partial charge in [-0.1, -0.05) is 26.2 Å². The lowest BCUT2D eigenvalue weighted by Crippen LogP contribution is -2.38. The fourth-order valence-electron chi connectivity index (χ4n) is 4.74. The standard InChI is InChI=1S/C24H31N3O2S/c1-5-20-26-21-16(3)14-17(4)25-22(21)27(20)15-18-10-11-19(30-18)24(23(28)29-6-2)12-8-7-9-13-24/h10-11,14H,5-9,12-13,15H2,1-4H3. The first-order valence-electron chi connectivity index (χ1n) is 11.1. The lowest BCUT2D eigenvalue weighted by molar-refractivity contribution is -0.151. The summed E-state index contributed by atoms with van der Waals surface area (Å²) in [4.78, 5) is 25.0. The number of pyridine rings is 1. The van der Waals surface area contributed by atoms with Crippen LogP contribution in [0.25, 0.3) is 11.2 Å². The Kier molecular flexibility index (Phi) is 5.96. The third kappa shape index (κ3) is 3.66. The molecule has 3 heterocycles. The maximum Gasteiger partial charge on any atom is 0.317 e. The number of nitrogens with zero attached hydrogens (tertiary/aromatic N) is 3. The molecule has 1 aliphatic rings. The van der Waals surface area contributed by atoms with Crippen molar-refractivity contribution in [2.45, 2.75) is 78.2 Å². The number of esters is 1. The van der Waals surface area contributed by atoms with Crippen LogP contribution in [0.5, 0.6) is 0 Å². The molecule has 0 atom stereocenters. The van der Waals surface area contributed by atoms with Crippen molar-refractivity contribution in [3.8, 4) is 0 Å². The zero-order valence-corrected chi connectivity index (χ0v) is 19.3. The van der Waals surface area contributed by atoms with Gasteiger partial charge in [-0.25, -0.2) is 9.97 Å². The Balaban J connectivity index is 1.70. The second-order valence-corrected chi connectivity index (χ2v) is 9.52. The van der Waals surface area contributed by atoms with Crippen molar-refractivity contribution in [2.75, 3.05) is 6.61 Å². The highest BCUT2D eigenvalue weighted by Gasteiger charge is 2.43. The number of fused-ring (bicyclic) bond motifs is 1. The second kappa shape index (κ2) is 8.50. The Labute approximate surface area is 182 Å². The van der Waals surface area contributed by atoms with E-state index in [1.165, 1.54) is 16.9 Å². The molecule has 1 fully saturated rings. The van der Waals surface area contributed by atoms with E-state index in [2.05, 4.69) is 36.6 Å². The lowest BCUT2D eigenvalue weighted by Gasteiger charge is -2.34. The van der Waals surface area contributed by atoms with Crippen molar-refractivity contribution in [1.82, 2.24) is 14.5 Å². The number of carbonyl (C=O) groups is 1. The van der Waals surface area contributed by atoms with E-state index in [9.17, 15) is 4.79 Å². The molecule has 0 unspecified atom stereocenters. The van der Waals surface area contributed by atoms with Crippen molar-refractivity contribution < 1.29 is 9.53 Å². The number of aryl methyl sites for hydroxylation is 3. The summed E-state index contributed by atoms with van der Waals surface area (Å²) in [5.41, 5.74) is 3.66. The second-order valence-electron chi connectivity index (χ2n) is 8.35. The van der Waals surface area contributed by atoms with Gasteiger partial charge in [0.15, 0.2) is 5.65 Å². The summed E-state index contributed by atoms with van der Waals surface area (Å²) in [5, 5.41) is 0. The molecule has 4 rings (SSSR count). The highest BCUT2D eigenvalue weighted by molar-refractivity contribution is 7.12. The molecule has 0 N–H and O–H groups in total. The topological polar surface area (TPSA) is 57.0 Å². The Bertz CT molecular complexity index is 1060. The Morgan fingerprint density at radius 3 is 2.63 bits per heavy atom. The van der Waals surface area contributed by atoms with E-state index < -0.39 is 5.41 Å². The fourth-order valence-corrected chi connectivity index (χ4v) is 5.97. The maximum absolute atomic E-state index is 13.0. The largest absolute Gasteiger partial charge is 0.465 e. The highest BCUT2D eigenvalue weighted by Crippen LogP contribution is 2.43. The average Bonchev–Trinajstić information content (AvgIpc) is 3.34. The van der Waals surface area contributed by atoms with Gasteiger partial charge in [0.1, 0.15) is 16.8 Å². The molecule has 0 radical (unpaired) electrons. The first-order chi connectivity index (χ1) is 14.5. The van der Waals surface area contributed by atoms with Gasteiger partial charge in [-0.3, -0.25) is 4.79 Å². The van der Waals surface area contributed by atoms with E-state index in [1.807, 2.05) is 13.8 Å². The molecule has 0 amide bonds. The van der Waals surface area contributed by atoms with Gasteiger partial charge in [0, 0.05) is 21.9 Å². The third-order valence-corrected chi connectivity index (χ3v) is 7.51. The summed E-state index contributed by atoms with van der Waals surface area (Å²) in [6, 6.07) is 6.41. The van der Waals surface area contributed by atoms with E-state index in [4.69, 9.17) is 14.7 Å². The zero-order chi connectivity index (χ0) is 21.3. The summed E-state index contributed by atoms with van der Waals surface area (Å²) in [7, 11) is 0. The predicted octanol–water partition coefficient (Wildman–Crippen LogP) is 5.49. The smallest absolute Gasteiger partial charge is 0.317 e. The quantitative estimate of drug-likeness (QED) is 0.490. The van der Waals surface area contributed by atoms with E-state index in [0.717, 1.165) is 66.2 Å². The van der Waals surface area contributed by atoms with Gasteiger partial charge in [-0.05, 0) is 57.4 Å². The summed E-state index contributed by atoms with van der Waals surface area (Å²) in [6.45, 7) is 9.33. The molecule has 1 aliphatic carbocycles. The third-order valence-electron chi connectivity index (χ3n) is 6.24. The normalized spacial score (nSPS) is 16.1. The van der Waals surface area contributed by atoms with E-state index in [-0.39, 0.29) is 5.97 Å². The number of rotatable bonds is 6. The number of thiophene rings is 1. The lowest BCUT2D eigenvalue weighted by atomic mass is 9.73. The van der Waals surface area contributed by atoms with Gasteiger partial charge < -0.3 is 9.30 Å². The van der Waals surface area contributed by atoms with Gasteiger partial charge >= 0.3 is 5.97 Å².